The number of nitrogens with one attached hydrogen (secondary N) is 2. The molecule has 4 rings (SSSR count). The molecule has 2 aromatic rings. The normalized spacial score (nSPS) is 18.4. The van der Waals surface area contributed by atoms with E-state index in [1.807, 2.05) is 49.4 Å². The Bertz CT molecular complexity index is 880. The van der Waals surface area contributed by atoms with Gasteiger partial charge in [-0.2, -0.15) is 0 Å². The van der Waals surface area contributed by atoms with Crippen molar-refractivity contribution in [2.24, 2.45) is 5.92 Å². The molecule has 2 atom stereocenters. The summed E-state index contributed by atoms with van der Waals surface area (Å²) in [7, 11) is 0. The summed E-state index contributed by atoms with van der Waals surface area (Å²) in [4.78, 5) is 24.6. The topological polar surface area (TPSA) is 76.7 Å². The second-order valence-corrected chi connectivity index (χ2v) is 6.99. The summed E-state index contributed by atoms with van der Waals surface area (Å²) >= 11 is 0. The van der Waals surface area contributed by atoms with E-state index in [1.165, 1.54) is 0 Å². The number of anilines is 1. The van der Waals surface area contributed by atoms with Gasteiger partial charge >= 0.3 is 0 Å². The van der Waals surface area contributed by atoms with Gasteiger partial charge in [-0.3, -0.25) is 9.59 Å². The minimum Gasteiger partial charge on any atom is -0.454 e. The molecule has 0 saturated heterocycles. The fourth-order valence-electron chi connectivity index (χ4n) is 3.53. The van der Waals surface area contributed by atoms with E-state index in [0.29, 0.717) is 25.0 Å². The minimum absolute atomic E-state index is 0.00896. The van der Waals surface area contributed by atoms with E-state index in [0.717, 1.165) is 22.6 Å². The number of ether oxygens (including phenoxy) is 2. The number of carbonyl (C=O) groups excluding carboxylic acids is 2. The SMILES string of the molecule is CC(NC(=O)CCC1Cc2ccccc2NC1=O)c1ccc2c(c1)OCO2. The van der Waals surface area contributed by atoms with E-state index < -0.39 is 0 Å². The van der Waals surface area contributed by atoms with Crippen molar-refractivity contribution < 1.29 is 19.1 Å². The summed E-state index contributed by atoms with van der Waals surface area (Å²) in [5, 5.41) is 5.92. The quantitative estimate of drug-likeness (QED) is 0.852. The van der Waals surface area contributed by atoms with Crippen LogP contribution in [0.3, 0.4) is 0 Å². The van der Waals surface area contributed by atoms with Crippen LogP contribution in [0.4, 0.5) is 5.69 Å². The van der Waals surface area contributed by atoms with E-state index in [9.17, 15) is 9.59 Å². The lowest BCUT2D eigenvalue weighted by Crippen LogP contribution is -2.32. The van der Waals surface area contributed by atoms with Crippen LogP contribution in [-0.4, -0.2) is 18.6 Å². The molecule has 2 unspecified atom stereocenters. The van der Waals surface area contributed by atoms with E-state index >= 15 is 0 Å². The monoisotopic (exact) mass is 366 g/mol. The fraction of sp³-hybridized carbons (Fsp3) is 0.333. The molecule has 0 fully saturated rings. The Morgan fingerprint density at radius 2 is 2.04 bits per heavy atom. The van der Waals surface area contributed by atoms with Crippen LogP contribution in [0.2, 0.25) is 0 Å². The van der Waals surface area contributed by atoms with Crippen molar-refractivity contribution in [3.8, 4) is 11.5 Å². The molecule has 27 heavy (non-hydrogen) atoms. The first-order chi connectivity index (χ1) is 13.1. The number of carbonyl (C=O) groups is 2. The highest BCUT2D eigenvalue weighted by Gasteiger charge is 2.26. The van der Waals surface area contributed by atoms with Crippen molar-refractivity contribution in [3.05, 3.63) is 53.6 Å². The van der Waals surface area contributed by atoms with E-state index in [-0.39, 0.29) is 30.6 Å². The lowest BCUT2D eigenvalue weighted by molar-refractivity contribution is -0.123. The van der Waals surface area contributed by atoms with Crippen LogP contribution in [0.1, 0.15) is 36.9 Å². The number of hydrogen-bond donors (Lipinski definition) is 2. The van der Waals surface area contributed by atoms with E-state index in [4.69, 9.17) is 9.47 Å². The van der Waals surface area contributed by atoms with Crippen LogP contribution in [0.15, 0.2) is 42.5 Å². The number of benzene rings is 2. The maximum absolute atomic E-state index is 12.4. The van der Waals surface area contributed by atoms with Crippen molar-refractivity contribution in [3.63, 3.8) is 0 Å². The fourth-order valence-corrected chi connectivity index (χ4v) is 3.53. The smallest absolute Gasteiger partial charge is 0.231 e. The molecule has 6 heteroatoms. The zero-order chi connectivity index (χ0) is 18.8. The maximum Gasteiger partial charge on any atom is 0.231 e. The number of fused-ring (bicyclic) bond motifs is 2. The minimum atomic E-state index is -0.175. The molecule has 0 aromatic heterocycles. The lowest BCUT2D eigenvalue weighted by atomic mass is 9.89. The summed E-state index contributed by atoms with van der Waals surface area (Å²) in [5.74, 6) is 1.18. The highest BCUT2D eigenvalue weighted by Crippen LogP contribution is 2.34. The Morgan fingerprint density at radius 3 is 2.93 bits per heavy atom. The molecule has 0 saturated carbocycles. The second kappa shape index (κ2) is 7.31. The lowest BCUT2D eigenvalue weighted by Gasteiger charge is -2.24. The number of hydrogen-bond acceptors (Lipinski definition) is 4. The Labute approximate surface area is 157 Å². The van der Waals surface area contributed by atoms with Crippen molar-refractivity contribution in [2.45, 2.75) is 32.2 Å². The number of para-hydroxylation sites is 1. The molecule has 0 aliphatic carbocycles. The highest BCUT2D eigenvalue weighted by atomic mass is 16.7. The molecular weight excluding hydrogens is 344 g/mol. The average Bonchev–Trinajstić information content (AvgIpc) is 3.14. The molecule has 2 aromatic carbocycles. The zero-order valence-electron chi connectivity index (χ0n) is 15.2. The second-order valence-electron chi connectivity index (χ2n) is 6.99. The molecule has 0 bridgehead atoms. The van der Waals surface area contributed by atoms with Crippen LogP contribution >= 0.6 is 0 Å². The Hall–Kier alpha value is -3.02. The standard InChI is InChI=1S/C21H22N2O4/c1-13(14-6-8-18-19(11-14)27-12-26-18)22-20(24)9-7-16-10-15-4-2-3-5-17(15)23-21(16)25/h2-6,8,11,13,16H,7,9-10,12H2,1H3,(H,22,24)(H,23,25). The van der Waals surface area contributed by atoms with Crippen molar-refractivity contribution >= 4 is 17.5 Å². The van der Waals surface area contributed by atoms with Gasteiger partial charge in [-0.05, 0) is 49.1 Å². The number of amides is 2. The maximum atomic E-state index is 12.4. The molecule has 0 spiro atoms. The van der Waals surface area contributed by atoms with Gasteiger partial charge in [0.15, 0.2) is 11.5 Å². The first-order valence-corrected chi connectivity index (χ1v) is 9.18. The predicted molar refractivity (Wildman–Crippen MR) is 101 cm³/mol. The van der Waals surface area contributed by atoms with E-state index in [2.05, 4.69) is 10.6 Å². The zero-order valence-corrected chi connectivity index (χ0v) is 15.2. The Balaban J connectivity index is 1.31. The number of rotatable bonds is 5. The molecule has 140 valence electrons. The third-order valence-corrected chi connectivity index (χ3v) is 5.11. The summed E-state index contributed by atoms with van der Waals surface area (Å²) in [5.41, 5.74) is 2.95. The van der Waals surface area contributed by atoms with E-state index in [1.54, 1.807) is 0 Å². The van der Waals surface area contributed by atoms with Gasteiger partial charge in [0.2, 0.25) is 18.6 Å². The van der Waals surface area contributed by atoms with Crippen LogP contribution in [0.25, 0.3) is 0 Å². The van der Waals surface area contributed by atoms with Gasteiger partial charge in [0.25, 0.3) is 0 Å². The largest absolute Gasteiger partial charge is 0.454 e. The molecule has 2 aliphatic rings. The predicted octanol–water partition coefficient (Wildman–Crippen LogP) is 3.18. The molecule has 2 aliphatic heterocycles. The Morgan fingerprint density at radius 1 is 1.22 bits per heavy atom. The van der Waals surface area contributed by atoms with Crippen molar-refractivity contribution in [1.29, 1.82) is 0 Å². The van der Waals surface area contributed by atoms with Crippen molar-refractivity contribution in [2.75, 3.05) is 12.1 Å². The molecule has 6 nitrogen and oxygen atoms in total. The molecule has 0 radical (unpaired) electrons. The third-order valence-electron chi connectivity index (χ3n) is 5.11. The highest BCUT2D eigenvalue weighted by molar-refractivity contribution is 5.96. The first kappa shape index (κ1) is 17.4. The third kappa shape index (κ3) is 3.74. The van der Waals surface area contributed by atoms with Gasteiger partial charge in [-0.1, -0.05) is 24.3 Å². The van der Waals surface area contributed by atoms with Crippen LogP contribution in [-0.2, 0) is 16.0 Å². The summed E-state index contributed by atoms with van der Waals surface area (Å²) in [6.45, 7) is 2.16. The Kier molecular flexibility index (Phi) is 4.71. The average molecular weight is 366 g/mol. The van der Waals surface area contributed by atoms with Gasteiger partial charge in [0.05, 0.1) is 6.04 Å². The van der Waals surface area contributed by atoms with Crippen LogP contribution in [0, 0.1) is 5.92 Å². The van der Waals surface area contributed by atoms with Gasteiger partial charge < -0.3 is 20.1 Å². The van der Waals surface area contributed by atoms with Gasteiger partial charge in [0.1, 0.15) is 0 Å². The van der Waals surface area contributed by atoms with Crippen LogP contribution in [0.5, 0.6) is 11.5 Å². The van der Waals surface area contributed by atoms with Gasteiger partial charge in [-0.15, -0.1) is 0 Å². The molecule has 2 heterocycles. The molecular formula is C21H22N2O4. The summed E-state index contributed by atoms with van der Waals surface area (Å²) in [6, 6.07) is 13.3. The van der Waals surface area contributed by atoms with Gasteiger partial charge in [0, 0.05) is 18.0 Å². The van der Waals surface area contributed by atoms with Gasteiger partial charge in [-0.25, -0.2) is 0 Å². The molecule has 2 N–H and O–H groups in total. The summed E-state index contributed by atoms with van der Waals surface area (Å²) in [6.07, 6.45) is 1.52. The van der Waals surface area contributed by atoms with Crippen LogP contribution < -0.4 is 20.1 Å². The molecule has 2 amide bonds. The van der Waals surface area contributed by atoms with Crippen molar-refractivity contribution in [1.82, 2.24) is 5.32 Å². The first-order valence-electron chi connectivity index (χ1n) is 9.18. The summed E-state index contributed by atoms with van der Waals surface area (Å²) < 4.78 is 10.7.